The Kier molecular flexibility index (Phi) is 19.8. The molecule has 0 bridgehead atoms. The molecular weight excluding hydrogens is 901 g/mol. The molecule has 0 saturated heterocycles. The molecule has 6 heteroatoms. The van der Waals surface area contributed by atoms with E-state index in [2.05, 4.69) is 243 Å². The quantitative estimate of drug-likeness (QED) is 0.0752. The number of hydrogen-bond acceptors (Lipinski definition) is 2. The van der Waals surface area contributed by atoms with E-state index < -0.39 is 15.8 Å². The van der Waals surface area contributed by atoms with Gasteiger partial charge in [-0.2, -0.15) is 0 Å². The van der Waals surface area contributed by atoms with Crippen molar-refractivity contribution in [2.75, 3.05) is 38.9 Å². The van der Waals surface area contributed by atoms with E-state index in [4.69, 9.17) is 9.47 Å². The fourth-order valence-electron chi connectivity index (χ4n) is 9.58. The Labute approximate surface area is 412 Å². The second-order valence-corrected chi connectivity index (χ2v) is 26.5. The normalized spacial score (nSPS) is 15.7. The number of methoxy groups -OCH3 is 2. The highest BCUT2D eigenvalue weighted by atomic mass is 31.1. The van der Waals surface area contributed by atoms with Crippen molar-refractivity contribution in [1.29, 1.82) is 0 Å². The predicted molar refractivity (Wildman–Crippen MR) is 303 cm³/mol. The molecule has 0 radical (unpaired) electrons. The van der Waals surface area contributed by atoms with Gasteiger partial charge >= 0.3 is 0 Å². The lowest BCUT2D eigenvalue weighted by molar-refractivity contribution is -0.0113. The molecule has 0 aromatic heterocycles. The van der Waals surface area contributed by atoms with Crippen LogP contribution in [0.4, 0.5) is 0 Å². The van der Waals surface area contributed by atoms with Crippen molar-refractivity contribution in [2.24, 2.45) is 11.8 Å². The Bertz CT molecular complexity index is 2060. The molecule has 0 aliphatic heterocycles. The van der Waals surface area contributed by atoms with Gasteiger partial charge in [-0.1, -0.05) is 255 Å². The minimum absolute atomic E-state index is 0.00560. The summed E-state index contributed by atoms with van der Waals surface area (Å²) in [5.74, 6) is 1.61. The summed E-state index contributed by atoms with van der Waals surface area (Å²) in [4.78, 5) is 0. The molecule has 8 aromatic carbocycles. The molecule has 1 saturated carbocycles. The molecule has 68 heavy (non-hydrogen) atoms. The number of ether oxygens (including phenoxy) is 2. The van der Waals surface area contributed by atoms with Gasteiger partial charge in [0.1, 0.15) is 0 Å². The van der Waals surface area contributed by atoms with E-state index in [0.29, 0.717) is 0 Å². The van der Waals surface area contributed by atoms with Crippen LogP contribution in [-0.2, 0) is 9.47 Å². The van der Waals surface area contributed by atoms with Crippen LogP contribution in [0.1, 0.15) is 25.7 Å². The summed E-state index contributed by atoms with van der Waals surface area (Å²) in [7, 11) is 1.87. The summed E-state index contributed by atoms with van der Waals surface area (Å²) in [5, 5.41) is 11.6. The van der Waals surface area contributed by atoms with E-state index in [9.17, 15) is 0 Å². The van der Waals surface area contributed by atoms with Crippen LogP contribution in [-0.4, -0.2) is 51.1 Å². The molecule has 1 aliphatic carbocycles. The van der Waals surface area contributed by atoms with Crippen molar-refractivity contribution in [3.8, 4) is 0 Å². The topological polar surface area (TPSA) is 18.5 Å². The van der Waals surface area contributed by atoms with Gasteiger partial charge in [0, 0.05) is 26.5 Å². The number of hydrogen-bond donors (Lipinski definition) is 0. The van der Waals surface area contributed by atoms with E-state index in [1.54, 1.807) is 0 Å². The van der Waals surface area contributed by atoms with Gasteiger partial charge in [-0.15, -0.1) is 0 Å². The number of rotatable bonds is 19. The third kappa shape index (κ3) is 14.0. The van der Waals surface area contributed by atoms with Gasteiger partial charge in [-0.25, -0.2) is 0 Å². The van der Waals surface area contributed by atoms with Crippen molar-refractivity contribution < 1.29 is 9.47 Å². The largest absolute Gasteiger partial charge is 0.378 e. The van der Waals surface area contributed by atoms with E-state index in [-0.39, 0.29) is 28.1 Å². The monoisotopic (exact) mass is 966 g/mol. The maximum atomic E-state index is 6.15. The molecule has 0 N–H and O–H groups in total. The Morgan fingerprint density at radius 2 is 0.500 bits per heavy atom. The van der Waals surface area contributed by atoms with Gasteiger partial charge in [0.15, 0.2) is 0 Å². The van der Waals surface area contributed by atoms with Crippen LogP contribution in [0.3, 0.4) is 0 Å². The van der Waals surface area contributed by atoms with Gasteiger partial charge in [0.2, 0.25) is 0 Å². The summed E-state index contributed by atoms with van der Waals surface area (Å²) in [6.45, 7) is 0. The highest BCUT2D eigenvalue weighted by Gasteiger charge is 2.32. The molecule has 1 unspecified atom stereocenters. The van der Waals surface area contributed by atoms with Crippen LogP contribution >= 0.6 is 31.7 Å². The molecule has 0 heterocycles. The van der Waals surface area contributed by atoms with Gasteiger partial charge in [-0.3, -0.25) is 0 Å². The van der Waals surface area contributed by atoms with Crippen LogP contribution in [0.5, 0.6) is 0 Å². The van der Waals surface area contributed by atoms with E-state index in [1.165, 1.54) is 80.4 Å². The van der Waals surface area contributed by atoms with Crippen LogP contribution in [0.2, 0.25) is 0 Å². The smallest absolute Gasteiger partial charge is 0.0881 e. The summed E-state index contributed by atoms with van der Waals surface area (Å²) < 4.78 is 12.3. The van der Waals surface area contributed by atoms with E-state index in [1.807, 2.05) is 14.2 Å². The molecular formula is C62H66O2P4. The van der Waals surface area contributed by atoms with E-state index >= 15 is 0 Å². The molecule has 4 atom stereocenters. The Hall–Kier alpha value is -4.60. The standard InChI is InChI=1S/C32H34P2.C30H32O2P2/c1-5-17-29(18-6-1)33(30-19-7-2-8-20-30)25-27-15-13-14-16-28(27)26-34(31-21-9-3-10-22-31)32-23-11-4-12-24-32;1-31-29(23-33(25-15-7-3-8-16-25)26-17-9-4-10-18-26)30(32-2)24-34(27-19-11-5-12-20-27)28-21-13-6-14-22-28/h1-12,17-24,27-28H,13-16,25-26H2;3-22,29-30H,23-24H2,1-2H3/t27-,28-;29-,30?/m00/s1. The Morgan fingerprint density at radius 1 is 0.309 bits per heavy atom. The van der Waals surface area contributed by atoms with Gasteiger partial charge in [0.25, 0.3) is 0 Å². The first-order valence-corrected chi connectivity index (χ1v) is 30.4. The van der Waals surface area contributed by atoms with Crippen LogP contribution in [0.25, 0.3) is 0 Å². The maximum Gasteiger partial charge on any atom is 0.0881 e. The lowest BCUT2D eigenvalue weighted by atomic mass is 9.81. The molecule has 0 spiro atoms. The lowest BCUT2D eigenvalue weighted by Crippen LogP contribution is -2.38. The van der Waals surface area contributed by atoms with Gasteiger partial charge in [-0.05, 0) is 111 Å². The molecule has 8 aromatic rings. The summed E-state index contributed by atoms with van der Waals surface area (Å²) in [6, 6.07) is 88.6. The Morgan fingerprint density at radius 3 is 0.691 bits per heavy atom. The van der Waals surface area contributed by atoms with Crippen LogP contribution in [0, 0.1) is 11.8 Å². The minimum Gasteiger partial charge on any atom is -0.378 e. The zero-order valence-corrected chi connectivity index (χ0v) is 43.2. The molecule has 9 rings (SSSR count). The van der Waals surface area contributed by atoms with Gasteiger partial charge in [0.05, 0.1) is 12.2 Å². The minimum atomic E-state index is -0.566. The fourth-order valence-corrected chi connectivity index (χ4v) is 20.1. The summed E-state index contributed by atoms with van der Waals surface area (Å²) in [5.41, 5.74) is 0. The van der Waals surface area contributed by atoms with Crippen molar-refractivity contribution in [3.63, 3.8) is 0 Å². The molecule has 0 amide bonds. The zero-order chi connectivity index (χ0) is 46.6. The van der Waals surface area contributed by atoms with Crippen molar-refractivity contribution >= 4 is 74.1 Å². The highest BCUT2D eigenvalue weighted by Crippen LogP contribution is 2.47. The average Bonchev–Trinajstić information content (AvgIpc) is 3.43. The van der Waals surface area contributed by atoms with Crippen molar-refractivity contribution in [3.05, 3.63) is 243 Å². The first-order chi connectivity index (χ1) is 33.7. The number of benzene rings is 8. The lowest BCUT2D eigenvalue weighted by Gasteiger charge is -2.37. The van der Waals surface area contributed by atoms with Crippen molar-refractivity contribution in [1.82, 2.24) is 0 Å². The SMILES string of the molecule is COC(CP(c1ccccc1)c1ccccc1)[C@H](CP(c1ccccc1)c1ccccc1)OC.c1ccc(P(C[C@@H]2CCCC[C@H]2CP(c2ccccc2)c2ccccc2)c2ccccc2)cc1. The highest BCUT2D eigenvalue weighted by molar-refractivity contribution is 7.74. The molecule has 1 aliphatic rings. The third-order valence-electron chi connectivity index (χ3n) is 13.2. The summed E-state index contributed by atoms with van der Waals surface area (Å²) >= 11 is 0. The zero-order valence-electron chi connectivity index (χ0n) is 39.7. The predicted octanol–water partition coefficient (Wildman–Crippen LogP) is 12.3. The second-order valence-electron chi connectivity index (χ2n) is 17.5. The average molecular weight is 967 g/mol. The molecule has 346 valence electrons. The van der Waals surface area contributed by atoms with Gasteiger partial charge < -0.3 is 9.47 Å². The molecule has 2 nitrogen and oxygen atoms in total. The van der Waals surface area contributed by atoms with Crippen LogP contribution < -0.4 is 42.4 Å². The molecule has 1 fully saturated rings. The summed E-state index contributed by atoms with van der Waals surface area (Å²) in [6.07, 6.45) is 10.0. The van der Waals surface area contributed by atoms with Crippen LogP contribution in [0.15, 0.2) is 243 Å². The second kappa shape index (κ2) is 27.0. The van der Waals surface area contributed by atoms with E-state index in [0.717, 1.165) is 24.2 Å². The fraction of sp³-hybridized carbons (Fsp3) is 0.226. The maximum absolute atomic E-state index is 6.15. The first kappa shape index (κ1) is 49.8. The third-order valence-corrected chi connectivity index (χ3v) is 23.7. The van der Waals surface area contributed by atoms with Crippen molar-refractivity contribution in [2.45, 2.75) is 37.9 Å². The first-order valence-electron chi connectivity index (χ1n) is 24.2. The Balaban J connectivity index is 0.000000184.